The highest BCUT2D eigenvalue weighted by atomic mass is 16.7. The van der Waals surface area contributed by atoms with Gasteiger partial charge in [-0.2, -0.15) is 0 Å². The minimum absolute atomic E-state index is 0.140. The van der Waals surface area contributed by atoms with Crippen LogP contribution in [0.2, 0.25) is 0 Å². The van der Waals surface area contributed by atoms with Crippen LogP contribution < -0.4 is 5.11 Å². The van der Waals surface area contributed by atoms with E-state index < -0.39 is 24.3 Å². The van der Waals surface area contributed by atoms with Gasteiger partial charge in [0.15, 0.2) is 12.4 Å². The van der Waals surface area contributed by atoms with Crippen LogP contribution in [0, 0.1) is 0 Å². The van der Waals surface area contributed by atoms with Gasteiger partial charge in [-0.15, -0.1) is 0 Å². The van der Waals surface area contributed by atoms with Crippen LogP contribution in [0.25, 0.3) is 0 Å². The maximum atomic E-state index is 12.8. The lowest BCUT2D eigenvalue weighted by molar-refractivity contribution is -0.870. The van der Waals surface area contributed by atoms with E-state index in [0.29, 0.717) is 17.4 Å². The van der Waals surface area contributed by atoms with Crippen molar-refractivity contribution in [3.8, 4) is 0 Å². The van der Waals surface area contributed by atoms with Gasteiger partial charge in [-0.3, -0.25) is 9.59 Å². The van der Waals surface area contributed by atoms with Crippen LogP contribution in [0.4, 0.5) is 0 Å². The number of rotatable bonds is 45. The first kappa shape index (κ1) is 59.7. The number of carbonyl (C=O) groups excluding carboxylic acids is 3. The molecule has 2 atom stereocenters. The van der Waals surface area contributed by atoms with Crippen molar-refractivity contribution in [1.29, 1.82) is 0 Å². The molecule has 9 heteroatoms. The number of allylic oxidation sites excluding steroid dienone is 12. The van der Waals surface area contributed by atoms with Crippen LogP contribution in [0.5, 0.6) is 0 Å². The molecule has 0 aliphatic rings. The second-order valence-electron chi connectivity index (χ2n) is 17.7. The number of esters is 2. The normalized spacial score (nSPS) is 13.5. The van der Waals surface area contributed by atoms with Gasteiger partial charge >= 0.3 is 11.9 Å². The third-order valence-electron chi connectivity index (χ3n) is 10.4. The zero-order chi connectivity index (χ0) is 46.3. The number of carboxylic acids is 1. The molecule has 0 N–H and O–H groups in total. The SMILES string of the molecule is CC/C=C\C/C=C\C/C=C\C/C=C\CCCCCCCCC(=O)OC(COC(=O)CCCCCCCCCCC/C=C\C/C=C\CCCCC)COC(OCC[N+](C)(C)C)C(=O)[O-]. The van der Waals surface area contributed by atoms with Crippen molar-refractivity contribution in [3.63, 3.8) is 0 Å². The molecule has 0 radical (unpaired) electrons. The van der Waals surface area contributed by atoms with Crippen LogP contribution in [-0.4, -0.2) is 82.3 Å². The third kappa shape index (κ3) is 46.5. The number of hydrogen-bond donors (Lipinski definition) is 0. The Hall–Kier alpha value is -3.27. The second kappa shape index (κ2) is 45.3. The van der Waals surface area contributed by atoms with Crippen molar-refractivity contribution in [2.75, 3.05) is 47.5 Å². The Morgan fingerprint density at radius 1 is 0.492 bits per heavy atom. The fourth-order valence-electron chi connectivity index (χ4n) is 6.56. The number of hydrogen-bond acceptors (Lipinski definition) is 8. The Labute approximate surface area is 386 Å². The summed E-state index contributed by atoms with van der Waals surface area (Å²) >= 11 is 0. The molecular weight excluding hydrogens is 791 g/mol. The molecule has 0 rings (SSSR count). The van der Waals surface area contributed by atoms with Crippen LogP contribution in [0.3, 0.4) is 0 Å². The molecule has 0 fully saturated rings. The zero-order valence-electron chi connectivity index (χ0n) is 40.9. The molecule has 2 unspecified atom stereocenters. The molecule has 0 amide bonds. The Morgan fingerprint density at radius 3 is 1.35 bits per heavy atom. The average molecular weight is 884 g/mol. The third-order valence-corrected chi connectivity index (χ3v) is 10.4. The Kier molecular flexibility index (Phi) is 43.0. The second-order valence-corrected chi connectivity index (χ2v) is 17.7. The zero-order valence-corrected chi connectivity index (χ0v) is 40.9. The molecule has 0 aromatic heterocycles. The summed E-state index contributed by atoms with van der Waals surface area (Å²) in [6.07, 6.45) is 53.5. The minimum Gasteiger partial charge on any atom is -0.545 e. The maximum Gasteiger partial charge on any atom is 0.306 e. The lowest BCUT2D eigenvalue weighted by Crippen LogP contribution is -2.44. The summed E-state index contributed by atoms with van der Waals surface area (Å²) in [4.78, 5) is 37.1. The number of unbranched alkanes of at least 4 members (excludes halogenated alkanes) is 18. The molecule has 0 spiro atoms. The Bertz CT molecular complexity index is 1260. The van der Waals surface area contributed by atoms with Gasteiger partial charge in [0.2, 0.25) is 0 Å². The van der Waals surface area contributed by atoms with Gasteiger partial charge in [0.1, 0.15) is 13.2 Å². The van der Waals surface area contributed by atoms with E-state index in [2.05, 4.69) is 86.8 Å². The first-order chi connectivity index (χ1) is 30.6. The highest BCUT2D eigenvalue weighted by molar-refractivity contribution is 5.70. The highest BCUT2D eigenvalue weighted by Gasteiger charge is 2.21. The lowest BCUT2D eigenvalue weighted by Gasteiger charge is -2.26. The number of aliphatic carboxylic acids is 1. The van der Waals surface area contributed by atoms with Crippen molar-refractivity contribution in [2.24, 2.45) is 0 Å². The molecule has 0 aliphatic carbocycles. The number of nitrogens with zero attached hydrogens (tertiary/aromatic N) is 1. The van der Waals surface area contributed by atoms with Gasteiger partial charge in [-0.05, 0) is 83.5 Å². The molecule has 9 nitrogen and oxygen atoms in total. The lowest BCUT2D eigenvalue weighted by atomic mass is 10.1. The van der Waals surface area contributed by atoms with Gasteiger partial charge in [0, 0.05) is 12.8 Å². The van der Waals surface area contributed by atoms with Crippen molar-refractivity contribution >= 4 is 17.9 Å². The smallest absolute Gasteiger partial charge is 0.306 e. The van der Waals surface area contributed by atoms with Crippen molar-refractivity contribution in [2.45, 2.75) is 206 Å². The van der Waals surface area contributed by atoms with E-state index in [1.165, 1.54) is 57.8 Å². The monoisotopic (exact) mass is 884 g/mol. The molecular formula is C54H93NO8. The first-order valence-electron chi connectivity index (χ1n) is 25.1. The minimum atomic E-state index is -1.63. The van der Waals surface area contributed by atoms with Gasteiger partial charge < -0.3 is 33.3 Å². The average Bonchev–Trinajstić information content (AvgIpc) is 3.24. The van der Waals surface area contributed by atoms with Gasteiger partial charge in [0.25, 0.3) is 0 Å². The first-order valence-corrected chi connectivity index (χ1v) is 25.1. The molecule has 0 aromatic carbocycles. The standard InChI is InChI=1S/C54H93NO8/c1-6-8-10-12-14-16-18-20-22-24-26-28-30-32-34-36-38-40-42-44-51(56)61-48-50(49-62-54(53(58)59)60-47-46-55(3,4)5)63-52(57)45-43-41-39-37-35-33-31-29-27-25-23-21-19-17-15-13-11-9-7-2/h9,11,14-17,20-23,27,29,50,54H,6-8,10,12-13,18-19,24-26,28,30-49H2,1-5H3/b11-9-,16-14-,17-15-,22-20-,23-21-,29-27-. The number of carboxylic acid groups (broad SMARTS) is 1. The molecule has 0 saturated carbocycles. The molecule has 0 bridgehead atoms. The van der Waals surface area contributed by atoms with Crippen molar-refractivity contribution < 1.29 is 42.9 Å². The van der Waals surface area contributed by atoms with Crippen molar-refractivity contribution in [3.05, 3.63) is 72.9 Å². The fourth-order valence-corrected chi connectivity index (χ4v) is 6.56. The molecule has 0 aliphatic heterocycles. The predicted molar refractivity (Wildman–Crippen MR) is 260 cm³/mol. The number of quaternary nitrogens is 1. The van der Waals surface area contributed by atoms with E-state index in [1.54, 1.807) is 0 Å². The quantitative estimate of drug-likeness (QED) is 0.0195. The molecule has 0 aromatic rings. The maximum absolute atomic E-state index is 12.8. The fraction of sp³-hybridized carbons (Fsp3) is 0.722. The molecule has 63 heavy (non-hydrogen) atoms. The predicted octanol–water partition coefficient (Wildman–Crippen LogP) is 12.6. The summed E-state index contributed by atoms with van der Waals surface area (Å²) in [5, 5.41) is 11.7. The number of carbonyl (C=O) groups is 3. The topological polar surface area (TPSA) is 111 Å². The van der Waals surface area contributed by atoms with E-state index in [0.717, 1.165) is 103 Å². The van der Waals surface area contributed by atoms with E-state index in [1.807, 2.05) is 21.1 Å². The van der Waals surface area contributed by atoms with Crippen molar-refractivity contribution in [1.82, 2.24) is 0 Å². The summed E-state index contributed by atoms with van der Waals surface area (Å²) in [5.41, 5.74) is 0. The van der Waals surface area contributed by atoms with Gasteiger partial charge in [-0.25, -0.2) is 0 Å². The summed E-state index contributed by atoms with van der Waals surface area (Å²) in [7, 11) is 5.90. The van der Waals surface area contributed by atoms with E-state index in [-0.39, 0.29) is 38.6 Å². The summed E-state index contributed by atoms with van der Waals surface area (Å²) in [5.74, 6) is -2.31. The Balaban J connectivity index is 4.40. The molecule has 362 valence electrons. The highest BCUT2D eigenvalue weighted by Crippen LogP contribution is 2.14. The van der Waals surface area contributed by atoms with Crippen LogP contribution in [-0.2, 0) is 33.3 Å². The summed E-state index contributed by atoms with van der Waals surface area (Å²) < 4.78 is 22.6. The Morgan fingerprint density at radius 2 is 0.905 bits per heavy atom. The van der Waals surface area contributed by atoms with Crippen LogP contribution in [0.1, 0.15) is 194 Å². The van der Waals surface area contributed by atoms with Crippen LogP contribution in [0.15, 0.2) is 72.9 Å². The summed E-state index contributed by atoms with van der Waals surface area (Å²) in [6, 6.07) is 0. The number of likely N-dealkylation sites (N-methyl/N-ethyl adjacent to an activating group) is 1. The van der Waals surface area contributed by atoms with Gasteiger partial charge in [-0.1, -0.05) is 170 Å². The van der Waals surface area contributed by atoms with Crippen LogP contribution >= 0.6 is 0 Å². The van der Waals surface area contributed by atoms with E-state index in [9.17, 15) is 19.5 Å². The van der Waals surface area contributed by atoms with E-state index in [4.69, 9.17) is 18.9 Å². The molecule has 0 saturated heterocycles. The number of ether oxygens (including phenoxy) is 4. The largest absolute Gasteiger partial charge is 0.545 e. The summed E-state index contributed by atoms with van der Waals surface area (Å²) in [6.45, 7) is 4.58. The van der Waals surface area contributed by atoms with Gasteiger partial charge in [0.05, 0.1) is 40.3 Å². The van der Waals surface area contributed by atoms with E-state index >= 15 is 0 Å². The molecule has 0 heterocycles.